The normalized spacial score (nSPS) is 10.1. The second-order valence-corrected chi connectivity index (χ2v) is 4.32. The number of carbonyl (C=O) groups is 1. The van der Waals surface area contributed by atoms with Gasteiger partial charge in [-0.25, -0.2) is 4.98 Å². The van der Waals surface area contributed by atoms with Crippen LogP contribution in [0.3, 0.4) is 0 Å². The molecule has 1 aromatic heterocycles. The lowest BCUT2D eigenvalue weighted by Gasteiger charge is -2.09. The molecule has 0 spiro atoms. The predicted octanol–water partition coefficient (Wildman–Crippen LogP) is 1.46. The van der Waals surface area contributed by atoms with Crippen molar-refractivity contribution in [2.75, 3.05) is 19.0 Å². The van der Waals surface area contributed by atoms with Crippen LogP contribution in [0.1, 0.15) is 11.4 Å². The molecule has 2 rings (SSSR count). The van der Waals surface area contributed by atoms with Gasteiger partial charge in [-0.2, -0.15) is 0 Å². The summed E-state index contributed by atoms with van der Waals surface area (Å²) in [6.45, 7) is 2.62. The molecular weight excluding hydrogens is 256 g/mol. The predicted molar refractivity (Wildman–Crippen MR) is 76.7 cm³/mol. The maximum atomic E-state index is 11.1. The summed E-state index contributed by atoms with van der Waals surface area (Å²) in [4.78, 5) is 18.4. The lowest BCUT2D eigenvalue weighted by molar-refractivity contribution is -0.122. The number of ether oxygens (including phenoxy) is 1. The number of rotatable bonds is 6. The molecule has 0 unspecified atom stereocenters. The number of anilines is 1. The average Bonchev–Trinajstić information content (AvgIpc) is 2.88. The highest BCUT2D eigenvalue weighted by Gasteiger charge is 2.03. The van der Waals surface area contributed by atoms with Gasteiger partial charge in [0.05, 0.1) is 18.6 Å². The molecule has 1 heterocycles. The molecule has 1 amide bonds. The van der Waals surface area contributed by atoms with Gasteiger partial charge in [-0.3, -0.25) is 4.79 Å². The highest BCUT2D eigenvalue weighted by atomic mass is 16.5. The Labute approximate surface area is 117 Å². The van der Waals surface area contributed by atoms with Crippen LogP contribution in [-0.4, -0.2) is 29.5 Å². The number of likely N-dealkylation sites (N-methyl/N-ethyl adjacent to an activating group) is 1. The molecular formula is C14H18N4O2. The topological polar surface area (TPSA) is 79.0 Å². The van der Waals surface area contributed by atoms with Crippen molar-refractivity contribution in [3.8, 4) is 5.75 Å². The Morgan fingerprint density at radius 2 is 2.30 bits per heavy atom. The molecule has 0 aliphatic rings. The van der Waals surface area contributed by atoms with Crippen molar-refractivity contribution in [1.82, 2.24) is 15.3 Å². The molecule has 0 fully saturated rings. The molecule has 6 nitrogen and oxygen atoms in total. The Bertz CT molecular complexity index is 580. The van der Waals surface area contributed by atoms with Gasteiger partial charge in [-0.05, 0) is 19.1 Å². The molecule has 0 saturated heterocycles. The number of nitrogens with one attached hydrogen (secondary N) is 3. The summed E-state index contributed by atoms with van der Waals surface area (Å²) < 4.78 is 5.39. The number of amides is 1. The van der Waals surface area contributed by atoms with Crippen LogP contribution in [0.4, 0.5) is 5.69 Å². The van der Waals surface area contributed by atoms with Crippen LogP contribution in [0.15, 0.2) is 30.6 Å². The molecule has 0 saturated carbocycles. The highest BCUT2D eigenvalue weighted by molar-refractivity contribution is 5.77. The fraction of sp³-hybridized carbons (Fsp3) is 0.286. The maximum Gasteiger partial charge on any atom is 0.257 e. The third kappa shape index (κ3) is 3.74. The Hall–Kier alpha value is -2.50. The zero-order valence-electron chi connectivity index (χ0n) is 11.6. The summed E-state index contributed by atoms with van der Waals surface area (Å²) in [7, 11) is 1.58. The van der Waals surface area contributed by atoms with E-state index in [1.165, 1.54) is 0 Å². The smallest absolute Gasteiger partial charge is 0.257 e. The maximum absolute atomic E-state index is 11.1. The zero-order chi connectivity index (χ0) is 14.4. The SMILES string of the molecule is CNC(=O)COc1cccc(NCc2nc[nH]c2C)c1. The monoisotopic (exact) mass is 274 g/mol. The summed E-state index contributed by atoms with van der Waals surface area (Å²) in [5.41, 5.74) is 2.94. The van der Waals surface area contributed by atoms with Gasteiger partial charge in [0.25, 0.3) is 5.91 Å². The van der Waals surface area contributed by atoms with Crippen LogP contribution in [0.5, 0.6) is 5.75 Å². The number of aromatic nitrogens is 2. The van der Waals surface area contributed by atoms with E-state index in [1.54, 1.807) is 13.4 Å². The molecule has 2 aromatic rings. The number of hydrogen-bond acceptors (Lipinski definition) is 4. The van der Waals surface area contributed by atoms with Crippen molar-refractivity contribution < 1.29 is 9.53 Å². The van der Waals surface area contributed by atoms with Crippen molar-refractivity contribution in [2.24, 2.45) is 0 Å². The highest BCUT2D eigenvalue weighted by Crippen LogP contribution is 2.18. The summed E-state index contributed by atoms with van der Waals surface area (Å²) in [6.07, 6.45) is 1.68. The molecule has 0 radical (unpaired) electrons. The van der Waals surface area contributed by atoms with Crippen LogP contribution in [-0.2, 0) is 11.3 Å². The number of H-pyrrole nitrogens is 1. The first-order valence-electron chi connectivity index (χ1n) is 6.35. The van der Waals surface area contributed by atoms with E-state index in [-0.39, 0.29) is 12.5 Å². The van der Waals surface area contributed by atoms with Gasteiger partial charge in [0.15, 0.2) is 6.61 Å². The van der Waals surface area contributed by atoms with E-state index in [2.05, 4.69) is 20.6 Å². The van der Waals surface area contributed by atoms with Crippen molar-refractivity contribution >= 4 is 11.6 Å². The van der Waals surface area contributed by atoms with Crippen LogP contribution in [0.25, 0.3) is 0 Å². The van der Waals surface area contributed by atoms with Crippen molar-refractivity contribution in [3.05, 3.63) is 42.0 Å². The van der Waals surface area contributed by atoms with E-state index < -0.39 is 0 Å². The lowest BCUT2D eigenvalue weighted by Crippen LogP contribution is -2.24. The van der Waals surface area contributed by atoms with Crippen molar-refractivity contribution in [1.29, 1.82) is 0 Å². The largest absolute Gasteiger partial charge is 0.484 e. The summed E-state index contributed by atoms with van der Waals surface area (Å²) >= 11 is 0. The van der Waals surface area contributed by atoms with Crippen LogP contribution in [0.2, 0.25) is 0 Å². The van der Waals surface area contributed by atoms with E-state index in [0.29, 0.717) is 12.3 Å². The molecule has 1 aromatic carbocycles. The first kappa shape index (κ1) is 13.9. The van der Waals surface area contributed by atoms with Crippen molar-refractivity contribution in [3.63, 3.8) is 0 Å². The van der Waals surface area contributed by atoms with Crippen molar-refractivity contribution in [2.45, 2.75) is 13.5 Å². The number of aryl methyl sites for hydroxylation is 1. The minimum atomic E-state index is -0.157. The molecule has 20 heavy (non-hydrogen) atoms. The van der Waals surface area contributed by atoms with Gasteiger partial charge < -0.3 is 20.4 Å². The lowest BCUT2D eigenvalue weighted by atomic mass is 10.3. The first-order chi connectivity index (χ1) is 9.69. The molecule has 6 heteroatoms. The van der Waals surface area contributed by atoms with E-state index in [0.717, 1.165) is 17.1 Å². The van der Waals surface area contributed by atoms with Gasteiger partial charge in [0.1, 0.15) is 5.75 Å². The van der Waals surface area contributed by atoms with Gasteiger partial charge in [-0.1, -0.05) is 6.07 Å². The molecule has 106 valence electrons. The summed E-state index contributed by atoms with van der Waals surface area (Å²) in [5.74, 6) is 0.493. The molecule has 0 bridgehead atoms. The fourth-order valence-electron chi connectivity index (χ4n) is 1.67. The fourth-order valence-corrected chi connectivity index (χ4v) is 1.67. The minimum absolute atomic E-state index is 0.0123. The van der Waals surface area contributed by atoms with E-state index in [4.69, 9.17) is 4.74 Å². The third-order valence-corrected chi connectivity index (χ3v) is 2.88. The third-order valence-electron chi connectivity index (χ3n) is 2.88. The van der Waals surface area contributed by atoms with E-state index in [1.807, 2.05) is 31.2 Å². The Morgan fingerprint density at radius 1 is 1.45 bits per heavy atom. The van der Waals surface area contributed by atoms with Gasteiger partial charge in [-0.15, -0.1) is 0 Å². The number of hydrogen-bond donors (Lipinski definition) is 3. The Morgan fingerprint density at radius 3 is 3.00 bits per heavy atom. The number of imidazole rings is 1. The molecule has 3 N–H and O–H groups in total. The second-order valence-electron chi connectivity index (χ2n) is 4.32. The molecule has 0 aliphatic heterocycles. The van der Waals surface area contributed by atoms with Crippen LogP contribution < -0.4 is 15.4 Å². The van der Waals surface area contributed by atoms with E-state index >= 15 is 0 Å². The molecule has 0 atom stereocenters. The summed E-state index contributed by atoms with van der Waals surface area (Å²) in [5, 5.41) is 5.78. The average molecular weight is 274 g/mol. The Balaban J connectivity index is 1.92. The van der Waals surface area contributed by atoms with Gasteiger partial charge in [0.2, 0.25) is 0 Å². The summed E-state index contributed by atoms with van der Waals surface area (Å²) in [6, 6.07) is 7.48. The number of aromatic amines is 1. The first-order valence-corrected chi connectivity index (χ1v) is 6.35. The minimum Gasteiger partial charge on any atom is -0.484 e. The standard InChI is InChI=1S/C14H18N4O2/c1-10-13(18-9-17-10)7-16-11-4-3-5-12(6-11)20-8-14(19)15-2/h3-6,9,16H,7-8H2,1-2H3,(H,15,19)(H,17,18). The number of benzene rings is 1. The van der Waals surface area contributed by atoms with Gasteiger partial charge >= 0.3 is 0 Å². The van der Waals surface area contributed by atoms with E-state index in [9.17, 15) is 4.79 Å². The Kier molecular flexibility index (Phi) is 4.60. The quantitative estimate of drug-likeness (QED) is 0.745. The molecule has 0 aliphatic carbocycles. The second kappa shape index (κ2) is 6.60. The van der Waals surface area contributed by atoms with Gasteiger partial charge in [0, 0.05) is 24.5 Å². The van der Waals surface area contributed by atoms with Crippen LogP contribution >= 0.6 is 0 Å². The zero-order valence-corrected chi connectivity index (χ0v) is 11.6. The van der Waals surface area contributed by atoms with Crippen LogP contribution in [0, 0.1) is 6.92 Å². The number of carbonyl (C=O) groups excluding carboxylic acids is 1. The number of nitrogens with zero attached hydrogens (tertiary/aromatic N) is 1.